The number of anilines is 2. The zero-order chi connectivity index (χ0) is 19.6. The zero-order valence-electron chi connectivity index (χ0n) is 13.8. The Hall–Kier alpha value is -2.81. The van der Waals surface area contributed by atoms with E-state index in [0.717, 1.165) is 23.9 Å². The van der Waals surface area contributed by atoms with Gasteiger partial charge in [-0.1, -0.05) is 42.1 Å². The van der Waals surface area contributed by atoms with E-state index in [1.165, 1.54) is 17.0 Å². The van der Waals surface area contributed by atoms with E-state index in [-0.39, 0.29) is 17.3 Å². The number of benzene rings is 2. The van der Waals surface area contributed by atoms with Gasteiger partial charge in [-0.05, 0) is 24.3 Å². The van der Waals surface area contributed by atoms with E-state index in [0.29, 0.717) is 5.69 Å². The van der Waals surface area contributed by atoms with Crippen molar-refractivity contribution in [3.63, 3.8) is 0 Å². The standard InChI is InChI=1S/C18H14F3N3O2S/c19-18(20,21)12-8-4-5-9-13(12)23-15(25)10-14-16(26)24(17(22)27-14)11-6-2-1-3-7-11/h1-9,14,22H,10H2,(H,23,25). The van der Waals surface area contributed by atoms with E-state index < -0.39 is 28.8 Å². The van der Waals surface area contributed by atoms with Crippen molar-refractivity contribution in [3.05, 3.63) is 60.2 Å². The second-order valence-electron chi connectivity index (χ2n) is 5.72. The van der Waals surface area contributed by atoms with Gasteiger partial charge in [0.1, 0.15) is 5.25 Å². The monoisotopic (exact) mass is 393 g/mol. The number of amidine groups is 1. The smallest absolute Gasteiger partial charge is 0.325 e. The minimum Gasteiger partial charge on any atom is -0.325 e. The Morgan fingerprint density at radius 2 is 1.74 bits per heavy atom. The second kappa shape index (κ2) is 7.43. The fraction of sp³-hybridized carbons (Fsp3) is 0.167. The van der Waals surface area contributed by atoms with Crippen LogP contribution in [0.5, 0.6) is 0 Å². The van der Waals surface area contributed by atoms with Gasteiger partial charge in [-0.2, -0.15) is 13.2 Å². The minimum absolute atomic E-state index is 0.0281. The fourth-order valence-corrected chi connectivity index (χ4v) is 3.65. The highest BCUT2D eigenvalue weighted by atomic mass is 32.2. The number of carbonyl (C=O) groups is 2. The number of hydrogen-bond donors (Lipinski definition) is 2. The zero-order valence-corrected chi connectivity index (χ0v) is 14.6. The average Bonchev–Trinajstić information content (AvgIpc) is 2.88. The van der Waals surface area contributed by atoms with Crippen molar-refractivity contribution in [1.82, 2.24) is 0 Å². The van der Waals surface area contributed by atoms with Crippen molar-refractivity contribution >= 4 is 40.1 Å². The van der Waals surface area contributed by atoms with E-state index in [9.17, 15) is 22.8 Å². The Kier molecular flexibility index (Phi) is 5.22. The number of carbonyl (C=O) groups excluding carboxylic acids is 2. The number of nitrogens with zero attached hydrogens (tertiary/aromatic N) is 1. The molecule has 0 bridgehead atoms. The summed E-state index contributed by atoms with van der Waals surface area (Å²) in [6, 6.07) is 13.2. The quantitative estimate of drug-likeness (QED) is 0.821. The Morgan fingerprint density at radius 3 is 2.41 bits per heavy atom. The van der Waals surface area contributed by atoms with Crippen LogP contribution in [-0.4, -0.2) is 22.2 Å². The van der Waals surface area contributed by atoms with Crippen molar-refractivity contribution in [2.45, 2.75) is 17.8 Å². The maximum Gasteiger partial charge on any atom is 0.418 e. The molecule has 2 aromatic rings. The molecule has 1 unspecified atom stereocenters. The van der Waals surface area contributed by atoms with Crippen LogP contribution in [0.4, 0.5) is 24.5 Å². The summed E-state index contributed by atoms with van der Waals surface area (Å²) in [5, 5.41) is 9.30. The van der Waals surface area contributed by atoms with Gasteiger partial charge in [0, 0.05) is 6.42 Å². The van der Waals surface area contributed by atoms with Gasteiger partial charge < -0.3 is 5.32 Å². The Morgan fingerprint density at radius 1 is 1.11 bits per heavy atom. The van der Waals surface area contributed by atoms with Gasteiger partial charge >= 0.3 is 6.18 Å². The van der Waals surface area contributed by atoms with Gasteiger partial charge in [-0.3, -0.25) is 19.9 Å². The van der Waals surface area contributed by atoms with Crippen LogP contribution in [0.1, 0.15) is 12.0 Å². The summed E-state index contributed by atoms with van der Waals surface area (Å²) in [5.74, 6) is -1.17. The molecule has 1 atom stereocenters. The molecule has 1 fully saturated rings. The summed E-state index contributed by atoms with van der Waals surface area (Å²) >= 11 is 0.902. The summed E-state index contributed by atoms with van der Waals surface area (Å²) in [5.41, 5.74) is -0.812. The number of thioether (sulfide) groups is 1. The van der Waals surface area contributed by atoms with Crippen molar-refractivity contribution in [2.24, 2.45) is 0 Å². The summed E-state index contributed by atoms with van der Waals surface area (Å²) in [7, 11) is 0. The lowest BCUT2D eigenvalue weighted by molar-refractivity contribution is -0.137. The third kappa shape index (κ3) is 4.13. The summed E-state index contributed by atoms with van der Waals surface area (Å²) in [6.07, 6.45) is -4.94. The Bertz CT molecular complexity index is 887. The molecule has 0 saturated carbocycles. The van der Waals surface area contributed by atoms with Crippen LogP contribution < -0.4 is 10.2 Å². The molecule has 1 saturated heterocycles. The average molecular weight is 393 g/mol. The van der Waals surface area contributed by atoms with E-state index in [4.69, 9.17) is 5.41 Å². The number of hydrogen-bond acceptors (Lipinski definition) is 4. The minimum atomic E-state index is -4.60. The highest BCUT2D eigenvalue weighted by molar-refractivity contribution is 8.16. The molecule has 1 aliphatic rings. The Labute approximate surface area is 157 Å². The van der Waals surface area contributed by atoms with Crippen molar-refractivity contribution < 1.29 is 22.8 Å². The van der Waals surface area contributed by atoms with Crippen LogP contribution in [0.15, 0.2) is 54.6 Å². The first-order chi connectivity index (χ1) is 12.8. The maximum absolute atomic E-state index is 13.0. The highest BCUT2D eigenvalue weighted by Gasteiger charge is 2.39. The van der Waals surface area contributed by atoms with Gasteiger partial charge in [0.25, 0.3) is 0 Å². The van der Waals surface area contributed by atoms with Crippen LogP contribution in [0.2, 0.25) is 0 Å². The number of nitrogens with one attached hydrogen (secondary N) is 2. The first kappa shape index (κ1) is 19.0. The molecule has 9 heteroatoms. The Balaban J connectivity index is 1.71. The van der Waals surface area contributed by atoms with Crippen LogP contribution >= 0.6 is 11.8 Å². The van der Waals surface area contributed by atoms with Crippen molar-refractivity contribution in [2.75, 3.05) is 10.2 Å². The third-order valence-electron chi connectivity index (χ3n) is 3.84. The van der Waals surface area contributed by atoms with Crippen LogP contribution in [-0.2, 0) is 15.8 Å². The van der Waals surface area contributed by atoms with Crippen LogP contribution in [0, 0.1) is 5.41 Å². The topological polar surface area (TPSA) is 73.3 Å². The third-order valence-corrected chi connectivity index (χ3v) is 4.90. The van der Waals surface area contributed by atoms with Gasteiger partial charge in [-0.15, -0.1) is 0 Å². The van der Waals surface area contributed by atoms with Crippen LogP contribution in [0.25, 0.3) is 0 Å². The number of amides is 2. The van der Waals surface area contributed by atoms with E-state index >= 15 is 0 Å². The molecule has 2 aromatic carbocycles. The summed E-state index contributed by atoms with van der Waals surface area (Å²) < 4.78 is 39.0. The predicted octanol–water partition coefficient (Wildman–Crippen LogP) is 4.12. The lowest BCUT2D eigenvalue weighted by atomic mass is 10.1. The molecule has 0 aliphatic carbocycles. The molecular formula is C18H14F3N3O2S. The molecule has 2 amide bonds. The largest absolute Gasteiger partial charge is 0.418 e. The second-order valence-corrected chi connectivity index (χ2v) is 6.91. The highest BCUT2D eigenvalue weighted by Crippen LogP contribution is 2.36. The number of rotatable bonds is 4. The molecular weight excluding hydrogens is 379 g/mol. The number of halogens is 3. The molecule has 0 aromatic heterocycles. The molecule has 0 spiro atoms. The molecule has 2 N–H and O–H groups in total. The van der Waals surface area contributed by atoms with E-state index in [1.807, 2.05) is 0 Å². The molecule has 1 heterocycles. The summed E-state index contributed by atoms with van der Waals surface area (Å²) in [4.78, 5) is 25.9. The molecule has 3 rings (SSSR count). The number of para-hydroxylation sites is 2. The maximum atomic E-state index is 13.0. The van der Waals surface area contributed by atoms with Crippen molar-refractivity contribution in [1.29, 1.82) is 5.41 Å². The fourth-order valence-electron chi connectivity index (χ4n) is 2.64. The molecule has 140 valence electrons. The molecule has 5 nitrogen and oxygen atoms in total. The van der Waals surface area contributed by atoms with Gasteiger partial charge in [0.2, 0.25) is 11.8 Å². The molecule has 0 radical (unpaired) electrons. The summed E-state index contributed by atoms with van der Waals surface area (Å²) in [6.45, 7) is 0. The first-order valence-electron chi connectivity index (χ1n) is 7.87. The molecule has 27 heavy (non-hydrogen) atoms. The SMILES string of the molecule is N=C1SC(CC(=O)Nc2ccccc2C(F)(F)F)C(=O)N1c1ccccc1. The van der Waals surface area contributed by atoms with Gasteiger partial charge in [0.05, 0.1) is 16.9 Å². The van der Waals surface area contributed by atoms with Gasteiger partial charge in [0.15, 0.2) is 5.17 Å². The van der Waals surface area contributed by atoms with E-state index in [1.54, 1.807) is 30.3 Å². The van der Waals surface area contributed by atoms with E-state index in [2.05, 4.69) is 5.32 Å². The normalized spacial score (nSPS) is 17.3. The predicted molar refractivity (Wildman–Crippen MR) is 97.7 cm³/mol. The first-order valence-corrected chi connectivity index (χ1v) is 8.75. The lowest BCUT2D eigenvalue weighted by Crippen LogP contribution is -2.33. The molecule has 1 aliphatic heterocycles. The van der Waals surface area contributed by atoms with Crippen LogP contribution in [0.3, 0.4) is 0 Å². The lowest BCUT2D eigenvalue weighted by Gasteiger charge is -2.16. The van der Waals surface area contributed by atoms with Gasteiger partial charge in [-0.25, -0.2) is 0 Å². The number of alkyl halides is 3. The van der Waals surface area contributed by atoms with Crippen molar-refractivity contribution in [3.8, 4) is 0 Å².